The van der Waals surface area contributed by atoms with Gasteiger partial charge >= 0.3 is 6.18 Å². The minimum atomic E-state index is -4.91. The fourth-order valence-electron chi connectivity index (χ4n) is 4.06. The summed E-state index contributed by atoms with van der Waals surface area (Å²) < 4.78 is 80.8. The number of alkyl halides is 3. The van der Waals surface area contributed by atoms with Gasteiger partial charge in [0.25, 0.3) is 5.91 Å². The maximum absolute atomic E-state index is 14.3. The predicted molar refractivity (Wildman–Crippen MR) is 120 cm³/mol. The fraction of sp³-hybridized carbons (Fsp3) is 0.200. The predicted octanol–water partition coefficient (Wildman–Crippen LogP) is 6.16. The van der Waals surface area contributed by atoms with Gasteiger partial charge in [0, 0.05) is 13.1 Å². The van der Waals surface area contributed by atoms with Crippen LogP contribution in [0.4, 0.5) is 32.0 Å². The molecule has 1 N–H and O–H groups in total. The van der Waals surface area contributed by atoms with Gasteiger partial charge in [0.05, 0.1) is 28.3 Å². The van der Waals surface area contributed by atoms with Crippen LogP contribution in [0.25, 0.3) is 0 Å². The van der Waals surface area contributed by atoms with Gasteiger partial charge in [-0.05, 0) is 53.4 Å². The number of amides is 2. The molecule has 4 nitrogen and oxygen atoms in total. The second kappa shape index (κ2) is 9.85. The van der Waals surface area contributed by atoms with Crippen molar-refractivity contribution in [1.82, 2.24) is 4.90 Å². The molecule has 3 aromatic carbocycles. The van der Waals surface area contributed by atoms with Gasteiger partial charge < -0.3 is 10.2 Å². The average Bonchev–Trinajstić information content (AvgIpc) is 2.82. The number of anilines is 1. The average molecular weight is 527 g/mol. The molecular formula is C25H17ClF6N2O2. The van der Waals surface area contributed by atoms with E-state index in [1.54, 1.807) is 6.07 Å². The molecule has 0 aliphatic carbocycles. The van der Waals surface area contributed by atoms with Gasteiger partial charge in [-0.25, -0.2) is 13.2 Å². The lowest BCUT2D eigenvalue weighted by Crippen LogP contribution is -2.37. The largest absolute Gasteiger partial charge is 0.419 e. The molecule has 1 aliphatic rings. The van der Waals surface area contributed by atoms with Crippen molar-refractivity contribution in [1.29, 1.82) is 0 Å². The summed E-state index contributed by atoms with van der Waals surface area (Å²) in [6, 6.07) is 8.33. The van der Waals surface area contributed by atoms with Crippen molar-refractivity contribution < 1.29 is 35.9 Å². The first-order chi connectivity index (χ1) is 17.0. The summed E-state index contributed by atoms with van der Waals surface area (Å²) in [7, 11) is 0. The van der Waals surface area contributed by atoms with E-state index in [4.69, 9.17) is 11.6 Å². The molecule has 188 valence electrons. The molecule has 0 radical (unpaired) electrons. The van der Waals surface area contributed by atoms with Crippen LogP contribution in [0.1, 0.15) is 32.6 Å². The second-order valence-corrected chi connectivity index (χ2v) is 8.57. The Labute approximate surface area is 206 Å². The van der Waals surface area contributed by atoms with Crippen molar-refractivity contribution in [3.05, 3.63) is 98.8 Å². The molecule has 0 saturated heterocycles. The highest BCUT2D eigenvalue weighted by molar-refractivity contribution is 6.34. The maximum atomic E-state index is 14.3. The molecule has 0 saturated carbocycles. The van der Waals surface area contributed by atoms with E-state index in [9.17, 15) is 35.9 Å². The van der Waals surface area contributed by atoms with E-state index in [0.29, 0.717) is 17.2 Å². The standard InChI is InChI=1S/C25H17ClF6N2O2/c26-19-6-4-14-12-34(24(36)17-11-15(27)5-7-20(17)28)9-8-16(14)23(19)33-21(35)10-13-2-1-3-18(22(13)29)25(30,31)32/h1-7,11H,8-10,12H2,(H,33,35). The quantitative estimate of drug-likeness (QED) is 0.414. The van der Waals surface area contributed by atoms with E-state index in [-0.39, 0.29) is 30.2 Å². The van der Waals surface area contributed by atoms with Gasteiger partial charge in [-0.15, -0.1) is 0 Å². The molecule has 3 aromatic rings. The Bertz CT molecular complexity index is 1360. The van der Waals surface area contributed by atoms with Gasteiger partial charge in [-0.3, -0.25) is 9.59 Å². The Morgan fingerprint density at radius 3 is 2.50 bits per heavy atom. The van der Waals surface area contributed by atoms with Crippen LogP contribution in [0.5, 0.6) is 0 Å². The molecule has 0 atom stereocenters. The van der Waals surface area contributed by atoms with Crippen molar-refractivity contribution in [2.45, 2.75) is 25.6 Å². The summed E-state index contributed by atoms with van der Waals surface area (Å²) in [5.41, 5.74) is -0.973. The van der Waals surface area contributed by atoms with Gasteiger partial charge in [0.2, 0.25) is 5.91 Å². The zero-order valence-electron chi connectivity index (χ0n) is 18.4. The molecular weight excluding hydrogens is 510 g/mol. The number of carbonyl (C=O) groups is 2. The number of halogens is 7. The van der Waals surface area contributed by atoms with Gasteiger partial charge in [-0.2, -0.15) is 13.2 Å². The van der Waals surface area contributed by atoms with E-state index in [0.717, 1.165) is 30.3 Å². The number of rotatable bonds is 4. The molecule has 0 bridgehead atoms. The Hall–Kier alpha value is -3.53. The molecule has 0 fully saturated rings. The van der Waals surface area contributed by atoms with Crippen LogP contribution in [0.3, 0.4) is 0 Å². The normalized spacial score (nSPS) is 13.4. The number of benzene rings is 3. The molecule has 4 rings (SSSR count). The molecule has 1 aliphatic heterocycles. The van der Waals surface area contributed by atoms with Crippen molar-refractivity contribution >= 4 is 29.1 Å². The van der Waals surface area contributed by atoms with Crippen molar-refractivity contribution in [3.63, 3.8) is 0 Å². The van der Waals surface area contributed by atoms with Gasteiger partial charge in [-0.1, -0.05) is 29.8 Å². The number of fused-ring (bicyclic) bond motifs is 1. The lowest BCUT2D eigenvalue weighted by atomic mass is 9.96. The Kier molecular flexibility index (Phi) is 6.99. The van der Waals surface area contributed by atoms with Crippen LogP contribution in [-0.2, 0) is 30.4 Å². The second-order valence-electron chi connectivity index (χ2n) is 8.16. The van der Waals surface area contributed by atoms with Gasteiger partial charge in [0.1, 0.15) is 17.5 Å². The van der Waals surface area contributed by atoms with Crippen LogP contribution in [0.2, 0.25) is 5.02 Å². The van der Waals surface area contributed by atoms with Crippen LogP contribution < -0.4 is 5.32 Å². The number of nitrogens with one attached hydrogen (secondary N) is 1. The first kappa shape index (κ1) is 25.6. The smallest absolute Gasteiger partial charge is 0.334 e. The molecule has 0 unspecified atom stereocenters. The first-order valence-electron chi connectivity index (χ1n) is 10.6. The minimum Gasteiger partial charge on any atom is -0.334 e. The monoisotopic (exact) mass is 526 g/mol. The highest BCUT2D eigenvalue weighted by atomic mass is 35.5. The van der Waals surface area contributed by atoms with Crippen molar-refractivity contribution in [2.75, 3.05) is 11.9 Å². The van der Waals surface area contributed by atoms with Crippen LogP contribution >= 0.6 is 11.6 Å². The lowest BCUT2D eigenvalue weighted by molar-refractivity contribution is -0.140. The molecule has 0 aromatic heterocycles. The summed E-state index contributed by atoms with van der Waals surface area (Å²) in [6.45, 7) is 0.125. The van der Waals surface area contributed by atoms with E-state index in [1.165, 1.54) is 11.0 Å². The third-order valence-corrected chi connectivity index (χ3v) is 6.11. The van der Waals surface area contributed by atoms with E-state index >= 15 is 0 Å². The molecule has 0 spiro atoms. The Morgan fingerprint density at radius 1 is 1.03 bits per heavy atom. The SMILES string of the molecule is O=C(Cc1cccc(C(F)(F)F)c1F)Nc1c(Cl)ccc2c1CCN(C(=O)c1cc(F)ccc1F)C2. The molecule has 1 heterocycles. The maximum Gasteiger partial charge on any atom is 0.419 e. The molecule has 36 heavy (non-hydrogen) atoms. The zero-order valence-corrected chi connectivity index (χ0v) is 19.1. The molecule has 2 amide bonds. The summed E-state index contributed by atoms with van der Waals surface area (Å²) >= 11 is 6.25. The highest BCUT2D eigenvalue weighted by Crippen LogP contribution is 2.35. The van der Waals surface area contributed by atoms with Crippen LogP contribution in [-0.4, -0.2) is 23.3 Å². The topological polar surface area (TPSA) is 49.4 Å². The number of hydrogen-bond acceptors (Lipinski definition) is 2. The third kappa shape index (κ3) is 5.18. The van der Waals surface area contributed by atoms with Crippen LogP contribution in [0, 0.1) is 17.5 Å². The lowest BCUT2D eigenvalue weighted by Gasteiger charge is -2.30. The summed E-state index contributed by atoms with van der Waals surface area (Å²) in [5, 5.41) is 2.67. The fourth-order valence-corrected chi connectivity index (χ4v) is 4.28. The Morgan fingerprint density at radius 2 is 1.78 bits per heavy atom. The highest BCUT2D eigenvalue weighted by Gasteiger charge is 2.35. The van der Waals surface area contributed by atoms with Gasteiger partial charge in [0.15, 0.2) is 0 Å². The summed E-state index contributed by atoms with van der Waals surface area (Å²) in [6.07, 6.45) is -5.37. The van der Waals surface area contributed by atoms with E-state index in [1.807, 2.05) is 0 Å². The van der Waals surface area contributed by atoms with Crippen molar-refractivity contribution in [2.24, 2.45) is 0 Å². The first-order valence-corrected chi connectivity index (χ1v) is 11.0. The van der Waals surface area contributed by atoms with Crippen LogP contribution in [0.15, 0.2) is 48.5 Å². The van der Waals surface area contributed by atoms with E-state index in [2.05, 4.69) is 5.32 Å². The number of carbonyl (C=O) groups excluding carboxylic acids is 2. The van der Waals surface area contributed by atoms with E-state index < -0.39 is 58.6 Å². The Balaban J connectivity index is 1.54. The number of hydrogen-bond donors (Lipinski definition) is 1. The summed E-state index contributed by atoms with van der Waals surface area (Å²) in [4.78, 5) is 26.7. The molecule has 11 heteroatoms. The zero-order chi connectivity index (χ0) is 26.2. The van der Waals surface area contributed by atoms with Crippen molar-refractivity contribution in [3.8, 4) is 0 Å². The minimum absolute atomic E-state index is 0.0203. The number of nitrogens with zero attached hydrogens (tertiary/aromatic N) is 1. The third-order valence-electron chi connectivity index (χ3n) is 5.80. The summed E-state index contributed by atoms with van der Waals surface area (Å²) in [5.74, 6) is -4.65.